The van der Waals surface area contributed by atoms with Gasteiger partial charge in [0, 0.05) is 13.1 Å². The quantitative estimate of drug-likeness (QED) is 0.855. The summed E-state index contributed by atoms with van der Waals surface area (Å²) in [7, 11) is 0. The van der Waals surface area contributed by atoms with Crippen LogP contribution in [0.4, 0.5) is 16.3 Å². The lowest BCUT2D eigenvalue weighted by Gasteiger charge is -2.45. The number of ether oxygens (including phenoxy) is 1. The Morgan fingerprint density at radius 1 is 1.30 bits per heavy atom. The number of carbonyl (C=O) groups is 2. The van der Waals surface area contributed by atoms with E-state index in [0.717, 1.165) is 0 Å². The predicted molar refractivity (Wildman–Crippen MR) is 88.0 cm³/mol. The molecule has 7 nitrogen and oxygen atoms in total. The molecule has 2 amide bonds. The van der Waals surface area contributed by atoms with E-state index in [1.54, 1.807) is 57.8 Å². The first-order valence-electron chi connectivity index (χ1n) is 7.56. The number of rotatable bonds is 1. The van der Waals surface area contributed by atoms with Gasteiger partial charge in [0.1, 0.15) is 17.0 Å². The number of pyridine rings is 1. The van der Waals surface area contributed by atoms with Crippen LogP contribution in [0.15, 0.2) is 18.3 Å². The molecule has 1 aliphatic heterocycles. The van der Waals surface area contributed by atoms with Crippen molar-refractivity contribution in [1.82, 2.24) is 9.88 Å². The highest BCUT2D eigenvalue weighted by molar-refractivity contribution is 6.02. The van der Waals surface area contributed by atoms with E-state index < -0.39 is 17.2 Å². The van der Waals surface area contributed by atoms with Gasteiger partial charge in [-0.2, -0.15) is 0 Å². The van der Waals surface area contributed by atoms with Crippen LogP contribution in [0.2, 0.25) is 0 Å². The van der Waals surface area contributed by atoms with Crippen LogP contribution in [0.3, 0.4) is 0 Å². The third kappa shape index (κ3) is 3.55. The van der Waals surface area contributed by atoms with E-state index in [1.165, 1.54) is 4.90 Å². The first-order chi connectivity index (χ1) is 10.5. The maximum atomic E-state index is 12.8. The first-order valence-corrected chi connectivity index (χ1v) is 7.56. The minimum atomic E-state index is -0.998. The number of nitrogen functional groups attached to an aromatic ring is 1. The molecule has 0 bridgehead atoms. The zero-order valence-electron chi connectivity index (χ0n) is 14.3. The first kappa shape index (κ1) is 17.1. The Balaban J connectivity index is 2.21. The fraction of sp³-hybridized carbons (Fsp3) is 0.562. The Hall–Kier alpha value is -2.31. The maximum Gasteiger partial charge on any atom is 0.411 e. The Bertz CT molecular complexity index is 605. The second-order valence-corrected chi connectivity index (χ2v) is 7.09. The Kier molecular flexibility index (Phi) is 4.24. The monoisotopic (exact) mass is 320 g/mol. The SMILES string of the molecule is CC(C)(C)OC(=O)N1CCN(c2ccc(N)nc2)C(=O)C1(C)C. The van der Waals surface area contributed by atoms with E-state index in [1.807, 2.05) is 0 Å². The summed E-state index contributed by atoms with van der Waals surface area (Å²) in [6, 6.07) is 3.40. The summed E-state index contributed by atoms with van der Waals surface area (Å²) in [5.41, 5.74) is 4.65. The van der Waals surface area contributed by atoms with Gasteiger partial charge in [0.05, 0.1) is 11.9 Å². The van der Waals surface area contributed by atoms with Gasteiger partial charge < -0.3 is 15.4 Å². The molecular formula is C16H24N4O3. The molecule has 7 heteroatoms. The number of nitrogens with zero attached hydrogens (tertiary/aromatic N) is 3. The van der Waals surface area contributed by atoms with Crippen LogP contribution in [0.25, 0.3) is 0 Å². The molecular weight excluding hydrogens is 296 g/mol. The van der Waals surface area contributed by atoms with Crippen molar-refractivity contribution in [3.05, 3.63) is 18.3 Å². The number of aromatic nitrogens is 1. The van der Waals surface area contributed by atoms with Crippen LogP contribution in [-0.2, 0) is 9.53 Å². The number of amides is 2. The summed E-state index contributed by atoms with van der Waals surface area (Å²) < 4.78 is 5.41. The molecule has 1 aromatic rings. The Morgan fingerprint density at radius 3 is 2.48 bits per heavy atom. The third-order valence-electron chi connectivity index (χ3n) is 3.69. The van der Waals surface area contributed by atoms with Crippen molar-refractivity contribution < 1.29 is 14.3 Å². The molecule has 0 unspecified atom stereocenters. The topological polar surface area (TPSA) is 88.8 Å². The van der Waals surface area contributed by atoms with Crippen molar-refractivity contribution in [2.75, 3.05) is 23.7 Å². The molecule has 0 radical (unpaired) electrons. The zero-order chi connectivity index (χ0) is 17.4. The number of anilines is 2. The van der Waals surface area contributed by atoms with E-state index >= 15 is 0 Å². The maximum absolute atomic E-state index is 12.8. The molecule has 0 atom stereocenters. The second-order valence-electron chi connectivity index (χ2n) is 7.09. The molecule has 2 N–H and O–H groups in total. The number of carbonyl (C=O) groups excluding carboxylic acids is 2. The molecule has 1 aliphatic rings. The summed E-state index contributed by atoms with van der Waals surface area (Å²) in [6.07, 6.45) is 1.08. The normalized spacial score (nSPS) is 18.0. The van der Waals surface area contributed by atoms with Crippen LogP contribution in [0.5, 0.6) is 0 Å². The van der Waals surface area contributed by atoms with Crippen LogP contribution in [0.1, 0.15) is 34.6 Å². The van der Waals surface area contributed by atoms with Crippen LogP contribution in [-0.4, -0.2) is 46.1 Å². The van der Waals surface area contributed by atoms with Gasteiger partial charge >= 0.3 is 6.09 Å². The molecule has 2 rings (SSSR count). The molecule has 1 saturated heterocycles. The van der Waals surface area contributed by atoms with Gasteiger partial charge in [0.25, 0.3) is 5.91 Å². The summed E-state index contributed by atoms with van der Waals surface area (Å²) in [5.74, 6) is 0.217. The molecule has 0 saturated carbocycles. The standard InChI is InChI=1S/C16H24N4O3/c1-15(2,3)23-14(22)20-9-8-19(13(21)16(20,4)5)11-6-7-12(17)18-10-11/h6-7,10H,8-9H2,1-5H3,(H2,17,18). The minimum Gasteiger partial charge on any atom is -0.444 e. The number of hydrogen-bond donors (Lipinski definition) is 1. The predicted octanol–water partition coefficient (Wildman–Crippen LogP) is 2.03. The molecule has 1 fully saturated rings. The van der Waals surface area contributed by atoms with Crippen LogP contribution >= 0.6 is 0 Å². The highest BCUT2D eigenvalue weighted by Crippen LogP contribution is 2.28. The summed E-state index contributed by atoms with van der Waals surface area (Å²) in [5, 5.41) is 0. The highest BCUT2D eigenvalue weighted by atomic mass is 16.6. The number of piperazine rings is 1. The van der Waals surface area contributed by atoms with Crippen molar-refractivity contribution in [2.45, 2.75) is 45.8 Å². The summed E-state index contributed by atoms with van der Waals surface area (Å²) in [6.45, 7) is 9.61. The lowest BCUT2D eigenvalue weighted by Crippen LogP contribution is -2.65. The lowest BCUT2D eigenvalue weighted by molar-refractivity contribution is -0.131. The van der Waals surface area contributed by atoms with Crippen LogP contribution in [0, 0.1) is 0 Å². The molecule has 0 aromatic carbocycles. The van der Waals surface area contributed by atoms with Gasteiger partial charge in [-0.1, -0.05) is 0 Å². The van der Waals surface area contributed by atoms with Gasteiger partial charge in [-0.15, -0.1) is 0 Å². The molecule has 1 aromatic heterocycles. The summed E-state index contributed by atoms with van der Waals surface area (Å²) in [4.78, 5) is 32.3. The average Bonchev–Trinajstić information content (AvgIpc) is 2.41. The van der Waals surface area contributed by atoms with Crippen molar-refractivity contribution in [1.29, 1.82) is 0 Å². The van der Waals surface area contributed by atoms with Crippen LogP contribution < -0.4 is 10.6 Å². The van der Waals surface area contributed by atoms with E-state index in [2.05, 4.69) is 4.98 Å². The number of nitrogens with two attached hydrogens (primary N) is 1. The molecule has 0 aliphatic carbocycles. The van der Waals surface area contributed by atoms with E-state index in [-0.39, 0.29) is 5.91 Å². The van der Waals surface area contributed by atoms with Gasteiger partial charge in [0.2, 0.25) is 0 Å². The van der Waals surface area contributed by atoms with Gasteiger partial charge in [-0.25, -0.2) is 9.78 Å². The minimum absolute atomic E-state index is 0.179. The van der Waals surface area contributed by atoms with Crippen molar-refractivity contribution in [3.63, 3.8) is 0 Å². The van der Waals surface area contributed by atoms with E-state index in [9.17, 15) is 9.59 Å². The van der Waals surface area contributed by atoms with Crippen molar-refractivity contribution in [3.8, 4) is 0 Å². The molecule has 0 spiro atoms. The molecule has 126 valence electrons. The zero-order valence-corrected chi connectivity index (χ0v) is 14.3. The fourth-order valence-electron chi connectivity index (χ4n) is 2.47. The molecule has 2 heterocycles. The van der Waals surface area contributed by atoms with Gasteiger partial charge in [-0.05, 0) is 46.8 Å². The van der Waals surface area contributed by atoms with E-state index in [4.69, 9.17) is 10.5 Å². The van der Waals surface area contributed by atoms with Gasteiger partial charge in [0.15, 0.2) is 0 Å². The van der Waals surface area contributed by atoms with Crippen molar-refractivity contribution >= 4 is 23.5 Å². The largest absolute Gasteiger partial charge is 0.444 e. The van der Waals surface area contributed by atoms with E-state index in [0.29, 0.717) is 24.6 Å². The average molecular weight is 320 g/mol. The van der Waals surface area contributed by atoms with Crippen molar-refractivity contribution in [2.24, 2.45) is 0 Å². The smallest absolute Gasteiger partial charge is 0.411 e. The lowest BCUT2D eigenvalue weighted by atomic mass is 9.97. The Morgan fingerprint density at radius 2 is 1.96 bits per heavy atom. The van der Waals surface area contributed by atoms with Gasteiger partial charge in [-0.3, -0.25) is 9.69 Å². The molecule has 23 heavy (non-hydrogen) atoms. The fourth-order valence-corrected chi connectivity index (χ4v) is 2.47. The third-order valence-corrected chi connectivity index (χ3v) is 3.69. The highest BCUT2D eigenvalue weighted by Gasteiger charge is 2.46. The number of hydrogen-bond acceptors (Lipinski definition) is 5. The summed E-state index contributed by atoms with van der Waals surface area (Å²) >= 11 is 0. The Labute approximate surface area is 136 Å². The second kappa shape index (κ2) is 5.72.